The molecule has 0 atom stereocenters. The molecule has 0 spiro atoms. The van der Waals surface area contributed by atoms with E-state index in [1.54, 1.807) is 11.9 Å². The summed E-state index contributed by atoms with van der Waals surface area (Å²) in [4.78, 5) is 17.0. The Bertz CT molecular complexity index is 549. The van der Waals surface area contributed by atoms with E-state index in [0.717, 1.165) is 21.6 Å². The van der Waals surface area contributed by atoms with Gasteiger partial charge >= 0.3 is 5.97 Å². The van der Waals surface area contributed by atoms with Crippen LogP contribution in [0.1, 0.15) is 12.5 Å². The molecule has 2 rings (SSSR count). The van der Waals surface area contributed by atoms with Crippen molar-refractivity contribution < 1.29 is 9.90 Å². The van der Waals surface area contributed by atoms with Crippen LogP contribution in [0.25, 0.3) is 5.70 Å². The van der Waals surface area contributed by atoms with E-state index in [0.29, 0.717) is 5.70 Å². The second-order valence-corrected chi connectivity index (χ2v) is 4.66. The fraction of sp³-hybridized carbons (Fsp3) is 0.167. The minimum absolute atomic E-state index is 0.640. The van der Waals surface area contributed by atoms with Gasteiger partial charge < -0.3 is 10.0 Å². The average Bonchev–Trinajstić information content (AvgIpc) is 2.25. The zero-order valence-electron chi connectivity index (χ0n) is 9.44. The predicted octanol–water partition coefficient (Wildman–Crippen LogP) is 2.87. The molecule has 5 heteroatoms. The summed E-state index contributed by atoms with van der Waals surface area (Å²) in [6, 6.07) is 5.63. The fourth-order valence-corrected chi connectivity index (χ4v) is 2.07. The smallest absolute Gasteiger partial charge is 0.330 e. The number of carbonyl (C=O) groups is 1. The van der Waals surface area contributed by atoms with Crippen molar-refractivity contribution in [1.29, 1.82) is 0 Å². The molecule has 1 aromatic carbocycles. The first-order chi connectivity index (χ1) is 7.99. The number of benzene rings is 1. The minimum Gasteiger partial charge on any atom is -0.478 e. The molecule has 1 N–H and O–H groups in total. The van der Waals surface area contributed by atoms with Crippen molar-refractivity contribution >= 4 is 39.1 Å². The van der Waals surface area contributed by atoms with Crippen LogP contribution in [0.5, 0.6) is 0 Å². The molecule has 0 aromatic heterocycles. The zero-order chi connectivity index (χ0) is 12.6. The van der Waals surface area contributed by atoms with Crippen LogP contribution in [-0.2, 0) is 4.79 Å². The third-order valence-corrected chi connectivity index (χ3v) is 3.12. The number of carboxylic acid groups (broad SMARTS) is 1. The summed E-state index contributed by atoms with van der Waals surface area (Å²) >= 11 is 3.38. The molecular weight excluding hydrogens is 284 g/mol. The molecule has 1 heterocycles. The van der Waals surface area contributed by atoms with Gasteiger partial charge in [-0.1, -0.05) is 15.9 Å². The van der Waals surface area contributed by atoms with Crippen molar-refractivity contribution in [1.82, 2.24) is 4.90 Å². The number of hydrogen-bond donors (Lipinski definition) is 1. The third kappa shape index (κ3) is 2.24. The standard InChI is InChI=1S/C12H11BrN2O2/c1-7-14-10-4-3-8(13)5-9(10)11(15(7)2)6-12(16)17/h3-6H,1-2H3,(H,16,17)/b11-6+. The van der Waals surface area contributed by atoms with Crippen LogP contribution in [0.3, 0.4) is 0 Å². The highest BCUT2D eigenvalue weighted by Crippen LogP contribution is 2.35. The van der Waals surface area contributed by atoms with Gasteiger partial charge in [-0.2, -0.15) is 0 Å². The maximum atomic E-state index is 10.9. The minimum atomic E-state index is -0.965. The summed E-state index contributed by atoms with van der Waals surface area (Å²) in [7, 11) is 1.80. The first-order valence-electron chi connectivity index (χ1n) is 5.02. The molecule has 1 aliphatic rings. The van der Waals surface area contributed by atoms with Crippen molar-refractivity contribution in [2.45, 2.75) is 6.92 Å². The van der Waals surface area contributed by atoms with Gasteiger partial charge in [0.25, 0.3) is 0 Å². The average molecular weight is 295 g/mol. The lowest BCUT2D eigenvalue weighted by Gasteiger charge is -2.27. The Labute approximate surface area is 107 Å². The maximum Gasteiger partial charge on any atom is 0.330 e. The lowest BCUT2D eigenvalue weighted by Crippen LogP contribution is -2.26. The molecular formula is C12H11BrN2O2. The van der Waals surface area contributed by atoms with E-state index in [1.807, 2.05) is 25.1 Å². The number of carboxylic acids is 1. The van der Waals surface area contributed by atoms with Crippen molar-refractivity contribution in [3.8, 4) is 0 Å². The summed E-state index contributed by atoms with van der Waals surface area (Å²) in [5.74, 6) is -0.195. The second kappa shape index (κ2) is 4.33. The Balaban J connectivity index is 2.66. The Morgan fingerprint density at radius 1 is 1.53 bits per heavy atom. The largest absolute Gasteiger partial charge is 0.478 e. The fourth-order valence-electron chi connectivity index (χ4n) is 1.71. The van der Waals surface area contributed by atoms with Crippen LogP contribution < -0.4 is 0 Å². The Kier molecular flexibility index (Phi) is 3.02. The first kappa shape index (κ1) is 11.9. The van der Waals surface area contributed by atoms with Crippen molar-refractivity contribution in [3.63, 3.8) is 0 Å². The van der Waals surface area contributed by atoms with E-state index >= 15 is 0 Å². The van der Waals surface area contributed by atoms with Crippen LogP contribution in [0, 0.1) is 0 Å². The predicted molar refractivity (Wildman–Crippen MR) is 70.3 cm³/mol. The molecule has 0 unspecified atom stereocenters. The van der Waals surface area contributed by atoms with Gasteiger partial charge in [-0.3, -0.25) is 0 Å². The quantitative estimate of drug-likeness (QED) is 0.811. The Hall–Kier alpha value is -1.62. The highest BCUT2D eigenvalue weighted by molar-refractivity contribution is 9.10. The van der Waals surface area contributed by atoms with E-state index in [1.165, 1.54) is 6.08 Å². The molecule has 0 amide bonds. The van der Waals surface area contributed by atoms with Gasteiger partial charge in [-0.05, 0) is 25.1 Å². The van der Waals surface area contributed by atoms with Crippen LogP contribution in [0.15, 0.2) is 33.7 Å². The van der Waals surface area contributed by atoms with Crippen molar-refractivity contribution in [2.75, 3.05) is 7.05 Å². The summed E-state index contributed by atoms with van der Waals surface area (Å²) in [5.41, 5.74) is 2.24. The Morgan fingerprint density at radius 2 is 2.24 bits per heavy atom. The number of fused-ring (bicyclic) bond motifs is 1. The molecule has 1 aliphatic heterocycles. The molecule has 0 saturated carbocycles. The Morgan fingerprint density at radius 3 is 2.88 bits per heavy atom. The van der Waals surface area contributed by atoms with E-state index in [9.17, 15) is 4.79 Å². The lowest BCUT2D eigenvalue weighted by atomic mass is 10.1. The van der Waals surface area contributed by atoms with Gasteiger partial charge in [-0.15, -0.1) is 0 Å². The van der Waals surface area contributed by atoms with Crippen LogP contribution in [0.2, 0.25) is 0 Å². The van der Waals surface area contributed by atoms with Crippen LogP contribution in [0.4, 0.5) is 5.69 Å². The topological polar surface area (TPSA) is 52.9 Å². The van der Waals surface area contributed by atoms with Gasteiger partial charge in [-0.25, -0.2) is 9.79 Å². The number of amidine groups is 1. The lowest BCUT2D eigenvalue weighted by molar-refractivity contribution is -0.131. The number of aliphatic carboxylic acids is 1. The zero-order valence-corrected chi connectivity index (χ0v) is 11.0. The number of nitrogens with zero attached hydrogens (tertiary/aromatic N) is 2. The van der Waals surface area contributed by atoms with E-state index in [2.05, 4.69) is 20.9 Å². The van der Waals surface area contributed by atoms with Gasteiger partial charge in [0.1, 0.15) is 5.84 Å². The number of aliphatic imine (C=N–C) groups is 1. The molecule has 0 bridgehead atoms. The summed E-state index contributed by atoms with van der Waals surface area (Å²) in [5, 5.41) is 8.91. The molecule has 88 valence electrons. The number of hydrogen-bond acceptors (Lipinski definition) is 3. The van der Waals surface area contributed by atoms with Crippen molar-refractivity contribution in [2.24, 2.45) is 4.99 Å². The van der Waals surface area contributed by atoms with Crippen LogP contribution in [-0.4, -0.2) is 28.9 Å². The summed E-state index contributed by atoms with van der Waals surface area (Å²) in [6.45, 7) is 1.85. The SMILES string of the molecule is CC1=Nc2ccc(Br)cc2/C(=C\C(=O)O)N1C. The first-order valence-corrected chi connectivity index (χ1v) is 5.82. The molecule has 0 fully saturated rings. The molecule has 0 saturated heterocycles. The second-order valence-electron chi connectivity index (χ2n) is 3.75. The number of halogens is 1. The van der Waals surface area contributed by atoms with E-state index in [4.69, 9.17) is 5.11 Å². The molecule has 4 nitrogen and oxygen atoms in total. The van der Waals surface area contributed by atoms with E-state index < -0.39 is 5.97 Å². The molecule has 0 radical (unpaired) electrons. The molecule has 1 aromatic rings. The highest BCUT2D eigenvalue weighted by atomic mass is 79.9. The molecule has 17 heavy (non-hydrogen) atoms. The maximum absolute atomic E-state index is 10.9. The normalized spacial score (nSPS) is 16.8. The monoisotopic (exact) mass is 294 g/mol. The van der Waals surface area contributed by atoms with Gasteiger partial charge in [0.05, 0.1) is 11.4 Å². The highest BCUT2D eigenvalue weighted by Gasteiger charge is 2.20. The van der Waals surface area contributed by atoms with Gasteiger partial charge in [0.2, 0.25) is 0 Å². The summed E-state index contributed by atoms with van der Waals surface area (Å²) < 4.78 is 0.899. The molecule has 0 aliphatic carbocycles. The van der Waals surface area contributed by atoms with E-state index in [-0.39, 0.29) is 0 Å². The number of rotatable bonds is 1. The van der Waals surface area contributed by atoms with Gasteiger partial charge in [0, 0.05) is 23.2 Å². The van der Waals surface area contributed by atoms with Crippen LogP contribution >= 0.6 is 15.9 Å². The van der Waals surface area contributed by atoms with Crippen molar-refractivity contribution in [3.05, 3.63) is 34.3 Å². The summed E-state index contributed by atoms with van der Waals surface area (Å²) in [6.07, 6.45) is 1.20. The third-order valence-electron chi connectivity index (χ3n) is 2.62. The van der Waals surface area contributed by atoms with Gasteiger partial charge in [0.15, 0.2) is 0 Å².